The maximum Gasteiger partial charge on any atom is 0.326 e. The summed E-state index contributed by atoms with van der Waals surface area (Å²) in [6.45, 7) is 0. The molecule has 0 saturated heterocycles. The van der Waals surface area contributed by atoms with Crippen LogP contribution in [0.2, 0.25) is 0 Å². The molecule has 1 heterocycles. The fourth-order valence-electron chi connectivity index (χ4n) is 3.56. The van der Waals surface area contributed by atoms with Crippen LogP contribution in [0.4, 0.5) is 0 Å². The Bertz CT molecular complexity index is 751. The van der Waals surface area contributed by atoms with Gasteiger partial charge >= 0.3 is 5.69 Å². The van der Waals surface area contributed by atoms with E-state index in [0.717, 1.165) is 23.9 Å². The van der Waals surface area contributed by atoms with Gasteiger partial charge < -0.3 is 9.88 Å². The zero-order valence-corrected chi connectivity index (χ0v) is 14.0. The van der Waals surface area contributed by atoms with E-state index < -0.39 is 0 Å². The molecule has 124 valence electrons. The van der Waals surface area contributed by atoms with Gasteiger partial charge in [0.05, 0.1) is 11.0 Å². The van der Waals surface area contributed by atoms with E-state index in [0.29, 0.717) is 11.6 Å². The molecule has 23 heavy (non-hydrogen) atoms. The predicted molar refractivity (Wildman–Crippen MR) is 91.7 cm³/mol. The van der Waals surface area contributed by atoms with E-state index in [2.05, 4.69) is 4.98 Å². The zero-order chi connectivity index (χ0) is 16.4. The molecule has 2 aromatic rings. The topological polar surface area (TPSA) is 58.1 Å². The number of rotatable bonds is 2. The van der Waals surface area contributed by atoms with E-state index in [9.17, 15) is 9.59 Å². The van der Waals surface area contributed by atoms with E-state index >= 15 is 0 Å². The van der Waals surface area contributed by atoms with E-state index in [1.54, 1.807) is 17.7 Å². The first kappa shape index (κ1) is 15.8. The number of aryl methyl sites for hydroxylation is 1. The highest BCUT2D eigenvalue weighted by molar-refractivity contribution is 5.97. The maximum absolute atomic E-state index is 12.8. The molecule has 1 amide bonds. The number of aromatic amines is 1. The van der Waals surface area contributed by atoms with Gasteiger partial charge in [0.15, 0.2) is 0 Å². The lowest BCUT2D eigenvalue weighted by molar-refractivity contribution is 0.0707. The molecule has 1 aromatic carbocycles. The average Bonchev–Trinajstić information content (AvgIpc) is 2.80. The van der Waals surface area contributed by atoms with E-state index in [4.69, 9.17) is 0 Å². The summed E-state index contributed by atoms with van der Waals surface area (Å²) in [5.41, 5.74) is 2.02. The number of hydrogen-bond donors (Lipinski definition) is 1. The van der Waals surface area contributed by atoms with Gasteiger partial charge in [0.2, 0.25) is 0 Å². The molecule has 0 radical (unpaired) electrons. The molecule has 1 fully saturated rings. The fourth-order valence-corrected chi connectivity index (χ4v) is 3.56. The molecule has 0 unspecified atom stereocenters. The Morgan fingerprint density at radius 1 is 1.17 bits per heavy atom. The lowest BCUT2D eigenvalue weighted by Gasteiger charge is -2.30. The van der Waals surface area contributed by atoms with Crippen LogP contribution in [0.25, 0.3) is 11.0 Å². The number of aromatic nitrogens is 2. The smallest absolute Gasteiger partial charge is 0.326 e. The van der Waals surface area contributed by atoms with Crippen molar-refractivity contribution in [3.63, 3.8) is 0 Å². The van der Waals surface area contributed by atoms with Crippen LogP contribution < -0.4 is 5.69 Å². The van der Waals surface area contributed by atoms with Gasteiger partial charge in [0.1, 0.15) is 0 Å². The zero-order valence-electron chi connectivity index (χ0n) is 14.0. The van der Waals surface area contributed by atoms with Crippen molar-refractivity contribution in [2.75, 3.05) is 7.05 Å². The molecule has 1 N–H and O–H groups in total. The number of amides is 1. The van der Waals surface area contributed by atoms with Gasteiger partial charge in [0, 0.05) is 25.7 Å². The van der Waals surface area contributed by atoms with Gasteiger partial charge in [-0.3, -0.25) is 9.36 Å². The highest BCUT2D eigenvalue weighted by Gasteiger charge is 2.22. The van der Waals surface area contributed by atoms with Crippen molar-refractivity contribution in [3.8, 4) is 0 Å². The first-order valence-electron chi connectivity index (χ1n) is 8.54. The van der Waals surface area contributed by atoms with Crippen molar-refractivity contribution in [2.45, 2.75) is 51.0 Å². The van der Waals surface area contributed by atoms with Crippen LogP contribution in [0.1, 0.15) is 55.3 Å². The molecule has 0 bridgehead atoms. The molecular formula is C18H25N3O2. The lowest BCUT2D eigenvalue weighted by atomic mass is 9.95. The second-order valence-corrected chi connectivity index (χ2v) is 6.64. The number of fused-ring (bicyclic) bond motifs is 1. The van der Waals surface area contributed by atoms with Crippen molar-refractivity contribution in [1.29, 1.82) is 0 Å². The van der Waals surface area contributed by atoms with Crippen LogP contribution in [0.5, 0.6) is 0 Å². The number of carbonyl (C=O) groups is 1. The van der Waals surface area contributed by atoms with Crippen LogP contribution in [-0.4, -0.2) is 33.4 Å². The Morgan fingerprint density at radius 3 is 2.52 bits per heavy atom. The number of H-pyrrole nitrogens is 1. The van der Waals surface area contributed by atoms with Gasteiger partial charge in [-0.25, -0.2) is 4.79 Å². The fraction of sp³-hybridized carbons (Fsp3) is 0.556. The van der Waals surface area contributed by atoms with E-state index in [1.165, 1.54) is 32.1 Å². The summed E-state index contributed by atoms with van der Waals surface area (Å²) < 4.78 is 1.56. The third-order valence-electron chi connectivity index (χ3n) is 5.09. The van der Waals surface area contributed by atoms with Crippen molar-refractivity contribution >= 4 is 16.9 Å². The summed E-state index contributed by atoms with van der Waals surface area (Å²) in [6, 6.07) is 5.77. The summed E-state index contributed by atoms with van der Waals surface area (Å²) in [5.74, 6) is 0.0437. The van der Waals surface area contributed by atoms with Crippen LogP contribution in [0.15, 0.2) is 23.0 Å². The Hall–Kier alpha value is -2.04. The molecule has 3 rings (SSSR count). The summed E-state index contributed by atoms with van der Waals surface area (Å²) in [7, 11) is 3.63. The Kier molecular flexibility index (Phi) is 4.55. The minimum Gasteiger partial charge on any atom is -0.339 e. The number of imidazole rings is 1. The maximum atomic E-state index is 12.8. The standard InChI is InChI=1S/C18H25N3O2/c1-20(14-8-6-4-3-5-7-9-14)17(22)13-10-11-16-15(12-13)19-18(23)21(16)2/h10-12,14H,3-9H2,1-2H3,(H,19,23). The number of nitrogens with zero attached hydrogens (tertiary/aromatic N) is 2. The van der Waals surface area contributed by atoms with E-state index in [-0.39, 0.29) is 11.6 Å². The van der Waals surface area contributed by atoms with Gasteiger partial charge in [-0.2, -0.15) is 0 Å². The molecule has 1 saturated carbocycles. The molecule has 1 aliphatic carbocycles. The van der Waals surface area contributed by atoms with Gasteiger partial charge in [-0.15, -0.1) is 0 Å². The average molecular weight is 315 g/mol. The molecule has 0 atom stereocenters. The SMILES string of the molecule is CN(C(=O)c1ccc2c(c1)[nH]c(=O)n2C)C1CCCCCCC1. The molecule has 0 aliphatic heterocycles. The van der Waals surface area contributed by atoms with Crippen molar-refractivity contribution in [3.05, 3.63) is 34.2 Å². The molecule has 1 aromatic heterocycles. The van der Waals surface area contributed by atoms with Crippen LogP contribution in [-0.2, 0) is 7.05 Å². The largest absolute Gasteiger partial charge is 0.339 e. The molecule has 5 nitrogen and oxygen atoms in total. The minimum atomic E-state index is -0.155. The Labute approximate surface area is 136 Å². The van der Waals surface area contributed by atoms with E-state index in [1.807, 2.05) is 24.1 Å². The van der Waals surface area contributed by atoms with Crippen molar-refractivity contribution < 1.29 is 4.79 Å². The van der Waals surface area contributed by atoms with Crippen LogP contribution >= 0.6 is 0 Å². The Balaban J connectivity index is 1.82. The normalized spacial score (nSPS) is 17.0. The summed E-state index contributed by atoms with van der Waals surface area (Å²) in [4.78, 5) is 29.2. The Morgan fingerprint density at radius 2 is 1.83 bits per heavy atom. The van der Waals surface area contributed by atoms with Crippen molar-refractivity contribution in [1.82, 2.24) is 14.5 Å². The van der Waals surface area contributed by atoms with Crippen LogP contribution in [0, 0.1) is 0 Å². The quantitative estimate of drug-likeness (QED) is 0.926. The van der Waals surface area contributed by atoms with Gasteiger partial charge in [-0.1, -0.05) is 32.1 Å². The molecule has 1 aliphatic rings. The number of benzene rings is 1. The third kappa shape index (κ3) is 3.19. The van der Waals surface area contributed by atoms with Gasteiger partial charge in [-0.05, 0) is 31.0 Å². The number of nitrogens with one attached hydrogen (secondary N) is 1. The second kappa shape index (κ2) is 6.60. The highest BCUT2D eigenvalue weighted by atomic mass is 16.2. The summed E-state index contributed by atoms with van der Waals surface area (Å²) in [6.07, 6.45) is 8.45. The first-order valence-corrected chi connectivity index (χ1v) is 8.54. The predicted octanol–water partition coefficient (Wildman–Crippen LogP) is 3.05. The highest BCUT2D eigenvalue weighted by Crippen LogP contribution is 2.22. The molecule has 5 heteroatoms. The first-order chi connectivity index (χ1) is 11.1. The third-order valence-corrected chi connectivity index (χ3v) is 5.09. The summed E-state index contributed by atoms with van der Waals surface area (Å²) >= 11 is 0. The second-order valence-electron chi connectivity index (χ2n) is 6.64. The number of carbonyl (C=O) groups excluding carboxylic acids is 1. The summed E-state index contributed by atoms with van der Waals surface area (Å²) in [5, 5.41) is 0. The monoisotopic (exact) mass is 315 g/mol. The minimum absolute atomic E-state index is 0.0437. The molecule has 0 spiro atoms. The van der Waals surface area contributed by atoms with Crippen molar-refractivity contribution in [2.24, 2.45) is 7.05 Å². The number of hydrogen-bond acceptors (Lipinski definition) is 2. The lowest BCUT2D eigenvalue weighted by Crippen LogP contribution is -2.37. The van der Waals surface area contributed by atoms with Crippen LogP contribution in [0.3, 0.4) is 0 Å². The molecular weight excluding hydrogens is 290 g/mol. The van der Waals surface area contributed by atoms with Gasteiger partial charge in [0.25, 0.3) is 5.91 Å².